The van der Waals surface area contributed by atoms with Gasteiger partial charge in [0, 0.05) is 25.2 Å². The average Bonchev–Trinajstić information content (AvgIpc) is 2.93. The second-order valence-corrected chi connectivity index (χ2v) is 6.12. The number of imidazole rings is 1. The number of amides is 1. The number of nitrogens with one attached hydrogen (secondary N) is 1. The minimum absolute atomic E-state index is 0.0208. The van der Waals surface area contributed by atoms with Gasteiger partial charge in [0.1, 0.15) is 5.82 Å². The molecule has 128 valence electrons. The fourth-order valence-electron chi connectivity index (χ4n) is 3.16. The molecule has 0 spiro atoms. The lowest BCUT2D eigenvalue weighted by molar-refractivity contribution is -0.121. The summed E-state index contributed by atoms with van der Waals surface area (Å²) < 4.78 is 12.6. The summed E-state index contributed by atoms with van der Waals surface area (Å²) >= 11 is 0. The molecule has 6 nitrogen and oxygen atoms in total. The average molecular weight is 329 g/mol. The third kappa shape index (κ3) is 3.53. The van der Waals surface area contributed by atoms with Crippen LogP contribution < -0.4 is 14.8 Å². The van der Waals surface area contributed by atoms with Gasteiger partial charge in [0.05, 0.1) is 26.3 Å². The SMILES string of the molecule is COc1ccc(CC(=O)N[C@@H]2CCc3nc(C)cn3C2)cc1OC. The number of aromatic nitrogens is 2. The molecule has 0 bridgehead atoms. The van der Waals surface area contributed by atoms with Crippen LogP contribution in [0, 0.1) is 6.92 Å². The van der Waals surface area contributed by atoms with Crippen molar-refractivity contribution in [2.45, 2.75) is 38.8 Å². The highest BCUT2D eigenvalue weighted by Crippen LogP contribution is 2.27. The van der Waals surface area contributed by atoms with Crippen molar-refractivity contribution in [1.29, 1.82) is 0 Å². The van der Waals surface area contributed by atoms with Crippen LogP contribution in [0.2, 0.25) is 0 Å². The minimum atomic E-state index is 0.0208. The summed E-state index contributed by atoms with van der Waals surface area (Å²) in [5.41, 5.74) is 1.93. The number of methoxy groups -OCH3 is 2. The monoisotopic (exact) mass is 329 g/mol. The number of fused-ring (bicyclic) bond motifs is 1. The van der Waals surface area contributed by atoms with Gasteiger partial charge in [-0.2, -0.15) is 0 Å². The summed E-state index contributed by atoms with van der Waals surface area (Å²) in [7, 11) is 3.19. The lowest BCUT2D eigenvalue weighted by Gasteiger charge is -2.24. The van der Waals surface area contributed by atoms with E-state index in [1.807, 2.05) is 31.3 Å². The Bertz CT molecular complexity index is 739. The zero-order valence-corrected chi connectivity index (χ0v) is 14.3. The first-order valence-electron chi connectivity index (χ1n) is 8.12. The highest BCUT2D eigenvalue weighted by atomic mass is 16.5. The maximum atomic E-state index is 12.3. The van der Waals surface area contributed by atoms with Crippen LogP contribution in [-0.4, -0.2) is 35.7 Å². The molecule has 0 saturated carbocycles. The van der Waals surface area contributed by atoms with E-state index in [0.29, 0.717) is 17.9 Å². The van der Waals surface area contributed by atoms with Gasteiger partial charge < -0.3 is 19.4 Å². The number of hydrogen-bond donors (Lipinski definition) is 1. The van der Waals surface area contributed by atoms with Crippen LogP contribution >= 0.6 is 0 Å². The van der Waals surface area contributed by atoms with Gasteiger partial charge in [0.2, 0.25) is 5.91 Å². The van der Waals surface area contributed by atoms with Crippen molar-refractivity contribution in [2.75, 3.05) is 14.2 Å². The normalized spacial score (nSPS) is 16.4. The Labute approximate surface area is 141 Å². The van der Waals surface area contributed by atoms with Crippen molar-refractivity contribution >= 4 is 5.91 Å². The number of nitrogens with zero attached hydrogens (tertiary/aromatic N) is 2. The van der Waals surface area contributed by atoms with E-state index in [0.717, 1.165) is 36.5 Å². The molecule has 0 unspecified atom stereocenters. The summed E-state index contributed by atoms with van der Waals surface area (Å²) in [6, 6.07) is 5.71. The van der Waals surface area contributed by atoms with Crippen LogP contribution in [0.15, 0.2) is 24.4 Å². The lowest BCUT2D eigenvalue weighted by atomic mass is 10.1. The van der Waals surface area contributed by atoms with E-state index in [1.165, 1.54) is 0 Å². The molecule has 0 aliphatic carbocycles. The Kier molecular flexibility index (Phi) is 4.74. The third-order valence-electron chi connectivity index (χ3n) is 4.29. The predicted octanol–water partition coefficient (Wildman–Crippen LogP) is 1.88. The largest absolute Gasteiger partial charge is 0.493 e. The molecule has 24 heavy (non-hydrogen) atoms. The predicted molar refractivity (Wildman–Crippen MR) is 90.5 cm³/mol. The minimum Gasteiger partial charge on any atom is -0.493 e. The van der Waals surface area contributed by atoms with Crippen LogP contribution in [0.25, 0.3) is 0 Å². The van der Waals surface area contributed by atoms with Gasteiger partial charge >= 0.3 is 0 Å². The summed E-state index contributed by atoms with van der Waals surface area (Å²) in [5, 5.41) is 3.12. The van der Waals surface area contributed by atoms with Gasteiger partial charge in [-0.25, -0.2) is 4.98 Å². The number of benzene rings is 1. The Hall–Kier alpha value is -2.50. The Morgan fingerprint density at radius 2 is 2.12 bits per heavy atom. The number of ether oxygens (including phenoxy) is 2. The van der Waals surface area contributed by atoms with Crippen molar-refractivity contribution in [3.63, 3.8) is 0 Å². The molecular formula is C18H23N3O3. The second kappa shape index (κ2) is 6.95. The molecule has 1 amide bonds. The summed E-state index contributed by atoms with van der Waals surface area (Å²) in [6.07, 6.45) is 4.19. The van der Waals surface area contributed by atoms with Gasteiger partial charge in [0.15, 0.2) is 11.5 Å². The molecule has 1 aromatic carbocycles. The van der Waals surface area contributed by atoms with Gasteiger partial charge in [-0.1, -0.05) is 6.07 Å². The molecule has 2 heterocycles. The third-order valence-corrected chi connectivity index (χ3v) is 4.29. The molecule has 0 radical (unpaired) electrons. The van der Waals surface area contributed by atoms with Gasteiger partial charge in [-0.3, -0.25) is 4.79 Å². The number of rotatable bonds is 5. The van der Waals surface area contributed by atoms with E-state index in [-0.39, 0.29) is 11.9 Å². The van der Waals surface area contributed by atoms with Crippen LogP contribution in [0.5, 0.6) is 11.5 Å². The first-order valence-corrected chi connectivity index (χ1v) is 8.12. The summed E-state index contributed by atoms with van der Waals surface area (Å²) in [5.74, 6) is 2.43. The Morgan fingerprint density at radius 1 is 1.33 bits per heavy atom. The highest BCUT2D eigenvalue weighted by molar-refractivity contribution is 5.79. The number of carbonyl (C=O) groups excluding carboxylic acids is 1. The van der Waals surface area contributed by atoms with E-state index < -0.39 is 0 Å². The Balaban J connectivity index is 1.60. The van der Waals surface area contributed by atoms with Crippen molar-refractivity contribution < 1.29 is 14.3 Å². The Morgan fingerprint density at radius 3 is 2.88 bits per heavy atom. The fourth-order valence-corrected chi connectivity index (χ4v) is 3.16. The number of hydrogen-bond acceptors (Lipinski definition) is 4. The molecule has 1 aromatic heterocycles. The van der Waals surface area contributed by atoms with Crippen molar-refractivity contribution in [2.24, 2.45) is 0 Å². The van der Waals surface area contributed by atoms with E-state index in [1.54, 1.807) is 14.2 Å². The summed E-state index contributed by atoms with van der Waals surface area (Å²) in [6.45, 7) is 2.78. The molecule has 6 heteroatoms. The molecular weight excluding hydrogens is 306 g/mol. The molecule has 1 aliphatic rings. The quantitative estimate of drug-likeness (QED) is 0.910. The maximum absolute atomic E-state index is 12.3. The van der Waals surface area contributed by atoms with Gasteiger partial charge in [0.25, 0.3) is 0 Å². The van der Waals surface area contributed by atoms with Crippen LogP contribution in [-0.2, 0) is 24.2 Å². The van der Waals surface area contributed by atoms with Gasteiger partial charge in [-0.05, 0) is 31.0 Å². The van der Waals surface area contributed by atoms with E-state index in [9.17, 15) is 4.79 Å². The number of aryl methyl sites for hydroxylation is 2. The van der Waals surface area contributed by atoms with Crippen LogP contribution in [0.1, 0.15) is 23.5 Å². The van der Waals surface area contributed by atoms with E-state index >= 15 is 0 Å². The molecule has 1 atom stereocenters. The zero-order valence-electron chi connectivity index (χ0n) is 14.3. The second-order valence-electron chi connectivity index (χ2n) is 6.12. The maximum Gasteiger partial charge on any atom is 0.224 e. The van der Waals surface area contributed by atoms with Crippen LogP contribution in [0.3, 0.4) is 0 Å². The highest BCUT2D eigenvalue weighted by Gasteiger charge is 2.21. The molecule has 0 saturated heterocycles. The smallest absolute Gasteiger partial charge is 0.224 e. The molecule has 1 N–H and O–H groups in total. The van der Waals surface area contributed by atoms with Crippen molar-refractivity contribution in [1.82, 2.24) is 14.9 Å². The van der Waals surface area contributed by atoms with Crippen molar-refractivity contribution in [3.8, 4) is 11.5 Å². The van der Waals surface area contributed by atoms with Crippen molar-refractivity contribution in [3.05, 3.63) is 41.5 Å². The topological polar surface area (TPSA) is 65.4 Å². The molecule has 1 aliphatic heterocycles. The molecule has 0 fully saturated rings. The zero-order chi connectivity index (χ0) is 17.1. The van der Waals surface area contributed by atoms with Gasteiger partial charge in [-0.15, -0.1) is 0 Å². The first kappa shape index (κ1) is 16.4. The fraction of sp³-hybridized carbons (Fsp3) is 0.444. The lowest BCUT2D eigenvalue weighted by Crippen LogP contribution is -2.41. The molecule has 3 rings (SSSR count). The number of carbonyl (C=O) groups is 1. The summed E-state index contributed by atoms with van der Waals surface area (Å²) in [4.78, 5) is 16.8. The van der Waals surface area contributed by atoms with Crippen LogP contribution in [0.4, 0.5) is 0 Å². The standard InChI is InChI=1S/C18H23N3O3/c1-12-10-21-11-14(5-7-17(21)19-12)20-18(22)9-13-4-6-15(23-2)16(8-13)24-3/h4,6,8,10,14H,5,7,9,11H2,1-3H3,(H,20,22)/t14-/m1/s1. The van der Waals surface area contributed by atoms with E-state index in [2.05, 4.69) is 14.9 Å². The van der Waals surface area contributed by atoms with E-state index in [4.69, 9.17) is 9.47 Å². The molecule has 2 aromatic rings. The first-order chi connectivity index (χ1) is 11.6.